The molecule has 1 aromatic rings. The van der Waals surface area contributed by atoms with Crippen molar-refractivity contribution in [2.24, 2.45) is 0 Å². The molecule has 2 rings (SSSR count). The Morgan fingerprint density at radius 2 is 2.42 bits per heavy atom. The van der Waals surface area contributed by atoms with Crippen molar-refractivity contribution in [3.05, 3.63) is 16.4 Å². The van der Waals surface area contributed by atoms with Gasteiger partial charge in [-0.2, -0.15) is 5.10 Å². The van der Waals surface area contributed by atoms with Crippen LogP contribution in [0, 0.1) is 0 Å². The standard InChI is InChI=1S/C8H12BrN3/c1-5-4-12-7(6(2)10-5)3-8(9)11-12/h3,5-6,10H,4H2,1-2H3. The fraction of sp³-hybridized carbons (Fsp3) is 0.625. The minimum Gasteiger partial charge on any atom is -0.304 e. The van der Waals surface area contributed by atoms with E-state index in [1.807, 2.05) is 0 Å². The number of aromatic nitrogens is 2. The predicted octanol–water partition coefficient (Wildman–Crippen LogP) is 1.70. The third-order valence-electron chi connectivity index (χ3n) is 2.21. The van der Waals surface area contributed by atoms with Gasteiger partial charge in [0.1, 0.15) is 4.60 Å². The van der Waals surface area contributed by atoms with Crippen molar-refractivity contribution in [1.29, 1.82) is 0 Å². The lowest BCUT2D eigenvalue weighted by Gasteiger charge is -2.27. The Balaban J connectivity index is 2.40. The highest BCUT2D eigenvalue weighted by atomic mass is 79.9. The molecule has 1 aliphatic rings. The highest BCUT2D eigenvalue weighted by molar-refractivity contribution is 9.10. The van der Waals surface area contributed by atoms with Crippen LogP contribution in [0.15, 0.2) is 10.7 Å². The number of halogens is 1. The molecule has 0 saturated carbocycles. The van der Waals surface area contributed by atoms with Gasteiger partial charge in [0.25, 0.3) is 0 Å². The van der Waals surface area contributed by atoms with E-state index in [0.29, 0.717) is 12.1 Å². The molecule has 0 spiro atoms. The van der Waals surface area contributed by atoms with E-state index in [2.05, 4.69) is 50.9 Å². The fourth-order valence-corrected chi connectivity index (χ4v) is 2.14. The van der Waals surface area contributed by atoms with Gasteiger partial charge in [-0.1, -0.05) is 0 Å². The van der Waals surface area contributed by atoms with Crippen molar-refractivity contribution in [2.75, 3.05) is 0 Å². The van der Waals surface area contributed by atoms with Gasteiger partial charge in [-0.05, 0) is 35.8 Å². The van der Waals surface area contributed by atoms with Gasteiger partial charge < -0.3 is 5.32 Å². The SMILES string of the molecule is CC1Cn2nc(Br)cc2C(C)N1. The van der Waals surface area contributed by atoms with Crippen molar-refractivity contribution >= 4 is 15.9 Å². The molecule has 12 heavy (non-hydrogen) atoms. The smallest absolute Gasteiger partial charge is 0.128 e. The van der Waals surface area contributed by atoms with Gasteiger partial charge in [-0.3, -0.25) is 4.68 Å². The first-order valence-electron chi connectivity index (χ1n) is 4.16. The van der Waals surface area contributed by atoms with Crippen molar-refractivity contribution in [3.63, 3.8) is 0 Å². The van der Waals surface area contributed by atoms with Crippen LogP contribution >= 0.6 is 15.9 Å². The first kappa shape index (κ1) is 8.26. The van der Waals surface area contributed by atoms with Crippen LogP contribution in [-0.2, 0) is 6.54 Å². The highest BCUT2D eigenvalue weighted by Gasteiger charge is 2.21. The summed E-state index contributed by atoms with van der Waals surface area (Å²) in [5.74, 6) is 0. The van der Waals surface area contributed by atoms with E-state index in [-0.39, 0.29) is 0 Å². The molecule has 4 heteroatoms. The van der Waals surface area contributed by atoms with Crippen LogP contribution < -0.4 is 5.32 Å². The Bertz CT molecular complexity index is 294. The number of fused-ring (bicyclic) bond motifs is 1. The summed E-state index contributed by atoms with van der Waals surface area (Å²) in [6.07, 6.45) is 0. The zero-order chi connectivity index (χ0) is 8.72. The van der Waals surface area contributed by atoms with Crippen LogP contribution in [0.25, 0.3) is 0 Å². The minimum atomic E-state index is 0.410. The molecular formula is C8H12BrN3. The average molecular weight is 230 g/mol. The lowest BCUT2D eigenvalue weighted by Crippen LogP contribution is -2.39. The van der Waals surface area contributed by atoms with E-state index >= 15 is 0 Å². The third kappa shape index (κ3) is 1.29. The number of rotatable bonds is 0. The Hall–Kier alpha value is -0.350. The molecule has 2 unspecified atom stereocenters. The molecule has 0 bridgehead atoms. The van der Waals surface area contributed by atoms with Crippen LogP contribution in [0.1, 0.15) is 25.6 Å². The second-order valence-corrected chi connectivity index (χ2v) is 4.18. The average Bonchev–Trinajstić information content (AvgIpc) is 2.29. The molecule has 2 atom stereocenters. The molecule has 0 amide bonds. The monoisotopic (exact) mass is 229 g/mol. The van der Waals surface area contributed by atoms with Crippen molar-refractivity contribution in [1.82, 2.24) is 15.1 Å². The Kier molecular flexibility index (Phi) is 1.96. The molecule has 2 heterocycles. The molecular weight excluding hydrogens is 218 g/mol. The van der Waals surface area contributed by atoms with E-state index in [1.54, 1.807) is 0 Å². The van der Waals surface area contributed by atoms with Gasteiger partial charge in [0.15, 0.2) is 0 Å². The van der Waals surface area contributed by atoms with Crippen LogP contribution in [0.2, 0.25) is 0 Å². The zero-order valence-corrected chi connectivity index (χ0v) is 8.80. The predicted molar refractivity (Wildman–Crippen MR) is 50.9 cm³/mol. The summed E-state index contributed by atoms with van der Waals surface area (Å²) >= 11 is 3.38. The number of nitrogens with one attached hydrogen (secondary N) is 1. The summed E-state index contributed by atoms with van der Waals surface area (Å²) in [4.78, 5) is 0. The lowest BCUT2D eigenvalue weighted by molar-refractivity contribution is 0.344. The van der Waals surface area contributed by atoms with Crippen LogP contribution in [0.4, 0.5) is 0 Å². The Morgan fingerprint density at radius 1 is 1.67 bits per heavy atom. The first-order chi connectivity index (χ1) is 5.66. The zero-order valence-electron chi connectivity index (χ0n) is 7.21. The quantitative estimate of drug-likeness (QED) is 0.735. The Morgan fingerprint density at radius 3 is 3.17 bits per heavy atom. The maximum absolute atomic E-state index is 4.35. The summed E-state index contributed by atoms with van der Waals surface area (Å²) in [5.41, 5.74) is 1.26. The first-order valence-corrected chi connectivity index (χ1v) is 4.95. The van der Waals surface area contributed by atoms with Crippen LogP contribution in [0.3, 0.4) is 0 Å². The van der Waals surface area contributed by atoms with Gasteiger partial charge >= 0.3 is 0 Å². The fourth-order valence-electron chi connectivity index (χ4n) is 1.72. The third-order valence-corrected chi connectivity index (χ3v) is 2.59. The maximum Gasteiger partial charge on any atom is 0.128 e. The molecule has 0 fully saturated rings. The van der Waals surface area contributed by atoms with Gasteiger partial charge in [0.05, 0.1) is 12.2 Å². The highest BCUT2D eigenvalue weighted by Crippen LogP contribution is 2.21. The molecule has 1 aromatic heterocycles. The van der Waals surface area contributed by atoms with E-state index in [1.165, 1.54) is 5.69 Å². The largest absolute Gasteiger partial charge is 0.304 e. The van der Waals surface area contributed by atoms with Crippen molar-refractivity contribution in [3.8, 4) is 0 Å². The van der Waals surface area contributed by atoms with E-state index in [0.717, 1.165) is 11.1 Å². The molecule has 66 valence electrons. The summed E-state index contributed by atoms with van der Waals surface area (Å²) in [7, 11) is 0. The molecule has 3 nitrogen and oxygen atoms in total. The summed E-state index contributed by atoms with van der Waals surface area (Å²) in [6, 6.07) is 3.00. The summed E-state index contributed by atoms with van der Waals surface area (Å²) in [5, 5.41) is 7.81. The van der Waals surface area contributed by atoms with Gasteiger partial charge in [0, 0.05) is 12.1 Å². The van der Waals surface area contributed by atoms with E-state index in [4.69, 9.17) is 0 Å². The molecule has 0 aromatic carbocycles. The molecule has 1 aliphatic heterocycles. The van der Waals surface area contributed by atoms with Gasteiger partial charge in [0.2, 0.25) is 0 Å². The molecule has 1 N–H and O–H groups in total. The van der Waals surface area contributed by atoms with Gasteiger partial charge in [-0.25, -0.2) is 0 Å². The molecule has 0 aliphatic carbocycles. The summed E-state index contributed by atoms with van der Waals surface area (Å²) in [6.45, 7) is 5.30. The second-order valence-electron chi connectivity index (χ2n) is 3.36. The Labute approximate surface area is 80.3 Å². The maximum atomic E-state index is 4.35. The summed E-state index contributed by atoms with van der Waals surface area (Å²) < 4.78 is 3.00. The molecule has 0 saturated heterocycles. The number of hydrogen-bond donors (Lipinski definition) is 1. The van der Waals surface area contributed by atoms with Crippen molar-refractivity contribution < 1.29 is 0 Å². The molecule has 0 radical (unpaired) electrons. The van der Waals surface area contributed by atoms with E-state index < -0.39 is 0 Å². The minimum absolute atomic E-state index is 0.410. The van der Waals surface area contributed by atoms with Crippen LogP contribution in [-0.4, -0.2) is 15.8 Å². The normalized spacial score (nSPS) is 28.6. The van der Waals surface area contributed by atoms with E-state index in [9.17, 15) is 0 Å². The second kappa shape index (κ2) is 2.85. The van der Waals surface area contributed by atoms with Gasteiger partial charge in [-0.15, -0.1) is 0 Å². The van der Waals surface area contributed by atoms with Crippen LogP contribution in [0.5, 0.6) is 0 Å². The lowest BCUT2D eigenvalue weighted by atomic mass is 10.1. The van der Waals surface area contributed by atoms with Crippen molar-refractivity contribution in [2.45, 2.75) is 32.5 Å². The number of hydrogen-bond acceptors (Lipinski definition) is 2. The topological polar surface area (TPSA) is 29.9 Å². The number of nitrogens with zero attached hydrogens (tertiary/aromatic N) is 2.